The highest BCUT2D eigenvalue weighted by atomic mass is 19.4. The third-order valence-electron chi connectivity index (χ3n) is 5.61. The quantitative estimate of drug-likeness (QED) is 0.605. The predicted octanol–water partition coefficient (Wildman–Crippen LogP) is 3.32. The number of carbonyl (C=O) groups is 2. The SMILES string of the molecule is COc1cc(O)c(C(CC(=O)N2CCOC(C(F)(F)F)C2)c2ccc(C(C)=O)nc2)c(OC)c1. The van der Waals surface area contributed by atoms with Crippen LogP contribution in [0, 0.1) is 0 Å². The lowest BCUT2D eigenvalue weighted by Crippen LogP contribution is -2.51. The van der Waals surface area contributed by atoms with Gasteiger partial charge in [0.2, 0.25) is 5.91 Å². The number of amides is 1. The van der Waals surface area contributed by atoms with Crippen LogP contribution in [0.2, 0.25) is 0 Å². The van der Waals surface area contributed by atoms with E-state index in [0.717, 1.165) is 4.90 Å². The Bertz CT molecular complexity index is 1040. The molecule has 0 aliphatic carbocycles. The zero-order valence-corrected chi connectivity index (χ0v) is 18.9. The number of aromatic nitrogens is 1. The first-order valence-corrected chi connectivity index (χ1v) is 10.4. The maximum absolute atomic E-state index is 13.1. The van der Waals surface area contributed by atoms with Crippen LogP contribution in [0.3, 0.4) is 0 Å². The Labute approximate surface area is 194 Å². The minimum atomic E-state index is -4.59. The molecule has 1 aromatic carbocycles. The minimum absolute atomic E-state index is 0.00534. The molecule has 34 heavy (non-hydrogen) atoms. The number of ketones is 1. The fourth-order valence-corrected chi connectivity index (χ4v) is 3.81. The molecule has 2 heterocycles. The van der Waals surface area contributed by atoms with Crippen molar-refractivity contribution in [2.75, 3.05) is 33.9 Å². The van der Waals surface area contributed by atoms with Gasteiger partial charge in [0.25, 0.3) is 0 Å². The summed E-state index contributed by atoms with van der Waals surface area (Å²) in [5.41, 5.74) is 0.924. The van der Waals surface area contributed by atoms with Crippen LogP contribution in [0.1, 0.15) is 40.9 Å². The van der Waals surface area contributed by atoms with E-state index in [1.807, 2.05) is 0 Å². The normalized spacial score (nSPS) is 17.2. The number of benzene rings is 1. The zero-order valence-electron chi connectivity index (χ0n) is 18.9. The standard InChI is InChI=1S/C23H25F3N2O6/c1-13(29)17-5-4-14(11-27-17)16(22-18(30)8-15(32-2)9-19(22)33-3)10-21(31)28-6-7-34-20(12-28)23(24,25)26/h4-5,8-9,11,16,20,30H,6-7,10,12H2,1-3H3. The van der Waals surface area contributed by atoms with E-state index in [9.17, 15) is 27.9 Å². The number of aromatic hydroxyl groups is 1. The summed E-state index contributed by atoms with van der Waals surface area (Å²) >= 11 is 0. The van der Waals surface area contributed by atoms with Crippen LogP contribution in [-0.4, -0.2) is 72.9 Å². The molecule has 1 fully saturated rings. The summed E-state index contributed by atoms with van der Waals surface area (Å²) < 4.78 is 54.8. The second-order valence-electron chi connectivity index (χ2n) is 7.79. The number of carbonyl (C=O) groups excluding carboxylic acids is 2. The molecular weight excluding hydrogens is 457 g/mol. The van der Waals surface area contributed by atoms with Gasteiger partial charge in [-0.15, -0.1) is 0 Å². The molecule has 2 aromatic rings. The third-order valence-corrected chi connectivity index (χ3v) is 5.61. The predicted molar refractivity (Wildman–Crippen MR) is 114 cm³/mol. The summed E-state index contributed by atoms with van der Waals surface area (Å²) in [4.78, 5) is 29.9. The van der Waals surface area contributed by atoms with Crippen molar-refractivity contribution in [3.05, 3.63) is 47.3 Å². The highest BCUT2D eigenvalue weighted by molar-refractivity contribution is 5.92. The van der Waals surface area contributed by atoms with Gasteiger partial charge in [-0.1, -0.05) is 6.07 Å². The second-order valence-corrected chi connectivity index (χ2v) is 7.79. The number of methoxy groups -OCH3 is 2. The maximum Gasteiger partial charge on any atom is 0.416 e. The average molecular weight is 482 g/mol. The summed E-state index contributed by atoms with van der Waals surface area (Å²) in [5.74, 6) is -1.32. The maximum atomic E-state index is 13.1. The molecule has 0 radical (unpaired) electrons. The molecule has 2 atom stereocenters. The van der Waals surface area contributed by atoms with E-state index in [0.29, 0.717) is 11.3 Å². The summed E-state index contributed by atoms with van der Waals surface area (Å²) in [7, 11) is 2.79. The van der Waals surface area contributed by atoms with Gasteiger partial charge in [-0.25, -0.2) is 0 Å². The lowest BCUT2D eigenvalue weighted by Gasteiger charge is -2.34. The lowest BCUT2D eigenvalue weighted by molar-refractivity contribution is -0.236. The van der Waals surface area contributed by atoms with E-state index in [1.54, 1.807) is 6.07 Å². The van der Waals surface area contributed by atoms with E-state index in [1.165, 1.54) is 45.5 Å². The van der Waals surface area contributed by atoms with Gasteiger partial charge in [0.15, 0.2) is 11.9 Å². The molecule has 2 unspecified atom stereocenters. The number of hydrogen-bond acceptors (Lipinski definition) is 7. The number of phenols is 1. The third kappa shape index (κ3) is 5.58. The Hall–Kier alpha value is -3.34. The molecule has 8 nitrogen and oxygen atoms in total. The number of rotatable bonds is 7. The van der Waals surface area contributed by atoms with Gasteiger partial charge in [-0.2, -0.15) is 13.2 Å². The van der Waals surface area contributed by atoms with Crippen molar-refractivity contribution in [1.29, 1.82) is 0 Å². The molecule has 1 aliphatic heterocycles. The fraction of sp³-hybridized carbons (Fsp3) is 0.435. The van der Waals surface area contributed by atoms with Crippen LogP contribution in [-0.2, 0) is 9.53 Å². The summed E-state index contributed by atoms with van der Waals surface area (Å²) in [5, 5.41) is 10.8. The average Bonchev–Trinajstić information content (AvgIpc) is 2.81. The van der Waals surface area contributed by atoms with Gasteiger partial charge in [0, 0.05) is 49.7 Å². The van der Waals surface area contributed by atoms with Crippen molar-refractivity contribution in [3.63, 3.8) is 0 Å². The highest BCUT2D eigenvalue weighted by Gasteiger charge is 2.44. The lowest BCUT2D eigenvalue weighted by atomic mass is 9.87. The first-order chi connectivity index (χ1) is 16.0. The topological polar surface area (TPSA) is 98.2 Å². The monoisotopic (exact) mass is 482 g/mol. The van der Waals surface area contributed by atoms with Gasteiger partial charge in [-0.05, 0) is 11.6 Å². The number of ether oxygens (including phenoxy) is 3. The van der Waals surface area contributed by atoms with Crippen LogP contribution in [0.5, 0.6) is 17.2 Å². The summed E-state index contributed by atoms with van der Waals surface area (Å²) in [6.45, 7) is 0.497. The van der Waals surface area contributed by atoms with Crippen molar-refractivity contribution in [3.8, 4) is 17.2 Å². The summed E-state index contributed by atoms with van der Waals surface area (Å²) in [6.07, 6.45) is -5.54. The molecule has 1 saturated heterocycles. The van der Waals surface area contributed by atoms with Crippen LogP contribution >= 0.6 is 0 Å². The largest absolute Gasteiger partial charge is 0.507 e. The second kappa shape index (κ2) is 10.3. The van der Waals surface area contributed by atoms with Gasteiger partial charge in [0.1, 0.15) is 22.9 Å². The molecule has 11 heteroatoms. The first kappa shape index (κ1) is 25.3. The molecule has 1 amide bonds. The number of pyridine rings is 1. The molecule has 1 aromatic heterocycles. The Morgan fingerprint density at radius 2 is 2.00 bits per heavy atom. The Morgan fingerprint density at radius 1 is 1.26 bits per heavy atom. The van der Waals surface area contributed by atoms with Crippen molar-refractivity contribution >= 4 is 11.7 Å². The van der Waals surface area contributed by atoms with Gasteiger partial charge in [-0.3, -0.25) is 14.6 Å². The zero-order chi connectivity index (χ0) is 25.0. The van der Waals surface area contributed by atoms with Crippen molar-refractivity contribution < 1.29 is 42.1 Å². The van der Waals surface area contributed by atoms with Gasteiger partial charge >= 0.3 is 6.18 Å². The summed E-state index contributed by atoms with van der Waals surface area (Å²) in [6, 6.07) is 5.94. The van der Waals surface area contributed by atoms with Gasteiger partial charge < -0.3 is 24.2 Å². The Kier molecular flexibility index (Phi) is 7.65. The number of nitrogens with zero attached hydrogens (tertiary/aromatic N) is 2. The smallest absolute Gasteiger partial charge is 0.416 e. The van der Waals surface area contributed by atoms with Crippen molar-refractivity contribution in [2.24, 2.45) is 0 Å². The number of phenolic OH excluding ortho intramolecular Hbond substituents is 1. The molecule has 0 bridgehead atoms. The molecule has 1 aliphatic rings. The number of hydrogen-bond donors (Lipinski definition) is 1. The molecule has 3 rings (SSSR count). The van der Waals surface area contributed by atoms with Crippen molar-refractivity contribution in [1.82, 2.24) is 9.88 Å². The number of Topliss-reactive ketones (excluding diaryl/α,β-unsaturated/α-hetero) is 1. The highest BCUT2D eigenvalue weighted by Crippen LogP contribution is 2.43. The van der Waals surface area contributed by atoms with E-state index >= 15 is 0 Å². The Morgan fingerprint density at radius 3 is 2.56 bits per heavy atom. The molecular formula is C23H25F3N2O6. The number of alkyl halides is 3. The molecule has 0 saturated carbocycles. The van der Waals surface area contributed by atoms with E-state index in [-0.39, 0.29) is 48.1 Å². The van der Waals surface area contributed by atoms with Crippen LogP contribution in [0.15, 0.2) is 30.5 Å². The van der Waals surface area contributed by atoms with Crippen LogP contribution < -0.4 is 9.47 Å². The first-order valence-electron chi connectivity index (χ1n) is 10.4. The van der Waals surface area contributed by atoms with Gasteiger partial charge in [0.05, 0.1) is 27.4 Å². The van der Waals surface area contributed by atoms with Crippen molar-refractivity contribution in [2.45, 2.75) is 31.5 Å². The minimum Gasteiger partial charge on any atom is -0.507 e. The van der Waals surface area contributed by atoms with E-state index in [2.05, 4.69) is 4.98 Å². The molecule has 184 valence electrons. The number of morpholine rings is 1. The van der Waals surface area contributed by atoms with E-state index < -0.39 is 30.7 Å². The number of halogens is 3. The molecule has 0 spiro atoms. The Balaban J connectivity index is 1.99. The van der Waals surface area contributed by atoms with Crippen LogP contribution in [0.4, 0.5) is 13.2 Å². The van der Waals surface area contributed by atoms with Crippen LogP contribution in [0.25, 0.3) is 0 Å². The fourth-order valence-electron chi connectivity index (χ4n) is 3.81. The van der Waals surface area contributed by atoms with E-state index in [4.69, 9.17) is 14.2 Å². The molecule has 1 N–H and O–H groups in total.